The molecule has 0 saturated heterocycles. The highest BCUT2D eigenvalue weighted by molar-refractivity contribution is 7.88. The van der Waals surface area contributed by atoms with Crippen LogP contribution < -0.4 is 14.8 Å². The van der Waals surface area contributed by atoms with Gasteiger partial charge in [-0.2, -0.15) is 13.1 Å². The lowest BCUT2D eigenvalue weighted by atomic mass is 10.0. The fourth-order valence-electron chi connectivity index (χ4n) is 2.50. The Morgan fingerprint density at radius 2 is 1.87 bits per heavy atom. The number of alkyl carbamates (subject to hydrolysis) is 1. The zero-order chi connectivity index (χ0) is 23.5. The summed E-state index contributed by atoms with van der Waals surface area (Å²) in [5.41, 5.74) is -0.844. The van der Waals surface area contributed by atoms with E-state index in [9.17, 15) is 27.9 Å². The maximum absolute atomic E-state index is 11.8. The largest absolute Gasteiger partial charge is 0.480 e. The Labute approximate surface area is 182 Å². The minimum atomic E-state index is -4.10. The van der Waals surface area contributed by atoms with E-state index in [1.54, 1.807) is 25.5 Å². The topological polar surface area (TPSA) is 160 Å². The summed E-state index contributed by atoms with van der Waals surface area (Å²) in [4.78, 5) is 34.7. The Bertz CT molecular complexity index is 786. The first kappa shape index (κ1) is 26.4. The fourth-order valence-corrected chi connectivity index (χ4v) is 3.25. The van der Waals surface area contributed by atoms with Gasteiger partial charge in [0.05, 0.1) is 6.61 Å². The summed E-state index contributed by atoms with van der Waals surface area (Å²) >= 11 is 0. The van der Waals surface area contributed by atoms with E-state index in [1.165, 1.54) is 0 Å². The maximum atomic E-state index is 11.8. The monoisotopic (exact) mass is 461 g/mol. The minimum Gasteiger partial charge on any atom is -0.480 e. The van der Waals surface area contributed by atoms with Gasteiger partial charge in [-0.15, -0.1) is 0 Å². The average molecular weight is 462 g/mol. The summed E-state index contributed by atoms with van der Waals surface area (Å²) in [6, 6.07) is -1.16. The number of hydrogen-bond donors (Lipinski definition) is 4. The molecule has 2 atom stereocenters. The molecule has 11 nitrogen and oxygen atoms in total. The van der Waals surface area contributed by atoms with Gasteiger partial charge in [-0.25, -0.2) is 19.1 Å². The van der Waals surface area contributed by atoms with Gasteiger partial charge in [0.2, 0.25) is 0 Å². The predicted molar refractivity (Wildman–Crippen MR) is 112 cm³/mol. The molecule has 0 aromatic carbocycles. The average Bonchev–Trinajstić information content (AvgIpc) is 2.63. The van der Waals surface area contributed by atoms with Crippen LogP contribution in [0.1, 0.15) is 46.5 Å². The van der Waals surface area contributed by atoms with Gasteiger partial charge in [0.25, 0.3) is 0 Å². The molecule has 0 spiro atoms. The van der Waals surface area contributed by atoms with Crippen molar-refractivity contribution in [3.63, 3.8) is 0 Å². The quantitative estimate of drug-likeness (QED) is 0.339. The lowest BCUT2D eigenvalue weighted by molar-refractivity contribution is -0.139. The highest BCUT2D eigenvalue weighted by atomic mass is 32.2. The van der Waals surface area contributed by atoms with E-state index in [4.69, 9.17) is 9.47 Å². The van der Waals surface area contributed by atoms with Crippen LogP contribution >= 0.6 is 0 Å². The number of carboxylic acids is 1. The van der Waals surface area contributed by atoms with E-state index in [2.05, 4.69) is 10.0 Å². The first-order chi connectivity index (χ1) is 14.4. The van der Waals surface area contributed by atoms with Crippen molar-refractivity contribution in [2.24, 2.45) is 5.92 Å². The van der Waals surface area contributed by atoms with Crippen LogP contribution in [-0.4, -0.2) is 56.5 Å². The van der Waals surface area contributed by atoms with Crippen molar-refractivity contribution in [3.05, 3.63) is 24.3 Å². The Kier molecular flexibility index (Phi) is 10.5. The van der Waals surface area contributed by atoms with Gasteiger partial charge >= 0.3 is 28.4 Å². The van der Waals surface area contributed by atoms with Crippen LogP contribution in [0.25, 0.3) is 0 Å². The van der Waals surface area contributed by atoms with Crippen molar-refractivity contribution in [2.75, 3.05) is 13.2 Å². The number of ether oxygens (including phenoxy) is 2. The Balaban J connectivity index is 2.29. The van der Waals surface area contributed by atoms with Crippen LogP contribution in [-0.2, 0) is 24.5 Å². The normalized spacial score (nSPS) is 16.9. The van der Waals surface area contributed by atoms with Gasteiger partial charge in [-0.05, 0) is 46.5 Å². The number of nitrogens with one attached hydrogen (secondary N) is 3. The first-order valence-electron chi connectivity index (χ1n) is 9.88. The second kappa shape index (κ2) is 12.3. The third kappa shape index (κ3) is 12.6. The Hall–Kier alpha value is -2.60. The molecule has 1 aliphatic rings. The molecule has 176 valence electrons. The summed E-state index contributed by atoms with van der Waals surface area (Å²) < 4.78 is 37.4. The molecule has 0 aliphatic heterocycles. The summed E-state index contributed by atoms with van der Waals surface area (Å²) in [7, 11) is -4.10. The lowest BCUT2D eigenvalue weighted by Gasteiger charge is -2.19. The Morgan fingerprint density at radius 3 is 2.45 bits per heavy atom. The smallest absolute Gasteiger partial charge is 0.422 e. The van der Waals surface area contributed by atoms with Crippen molar-refractivity contribution in [3.8, 4) is 0 Å². The Morgan fingerprint density at radius 1 is 1.16 bits per heavy atom. The van der Waals surface area contributed by atoms with Crippen LogP contribution in [0, 0.1) is 5.92 Å². The van der Waals surface area contributed by atoms with E-state index in [1.807, 2.05) is 24.3 Å². The molecule has 0 radical (unpaired) electrons. The van der Waals surface area contributed by atoms with Crippen molar-refractivity contribution in [1.82, 2.24) is 14.8 Å². The third-order valence-electron chi connectivity index (χ3n) is 3.92. The molecule has 0 fully saturated rings. The van der Waals surface area contributed by atoms with E-state index in [0.29, 0.717) is 6.42 Å². The SMILES string of the molecule is CC(C)(C)OC(=O)NS(=O)(=O)NCCCC[C@H](NC(=O)OCC1C=CC=CC1)C(=O)O. The number of carbonyl (C=O) groups excluding carboxylic acids is 2. The molecule has 4 N–H and O–H groups in total. The van der Waals surface area contributed by atoms with Crippen LogP contribution in [0.3, 0.4) is 0 Å². The minimum absolute atomic E-state index is 0.0313. The number of rotatable bonds is 11. The fraction of sp³-hybridized carbons (Fsp3) is 0.632. The van der Waals surface area contributed by atoms with Gasteiger partial charge in [0, 0.05) is 12.5 Å². The molecule has 12 heteroatoms. The number of unbranched alkanes of at least 4 members (excludes halogenated alkanes) is 1. The van der Waals surface area contributed by atoms with Gasteiger partial charge in [-0.3, -0.25) is 0 Å². The highest BCUT2D eigenvalue weighted by Crippen LogP contribution is 2.12. The van der Waals surface area contributed by atoms with Gasteiger partial charge in [0.15, 0.2) is 0 Å². The van der Waals surface area contributed by atoms with Crippen LogP contribution in [0.15, 0.2) is 24.3 Å². The van der Waals surface area contributed by atoms with E-state index < -0.39 is 40.0 Å². The molecular formula is C19H31N3O8S. The van der Waals surface area contributed by atoms with Crippen molar-refractivity contribution in [2.45, 2.75) is 58.1 Å². The molecule has 0 saturated carbocycles. The van der Waals surface area contributed by atoms with Gasteiger partial charge in [0.1, 0.15) is 11.6 Å². The summed E-state index contributed by atoms with van der Waals surface area (Å²) in [5, 5.41) is 11.5. The standard InChI is InChI=1S/C19H31N3O8S/c1-19(2,3)30-18(26)22-31(27,28)20-12-8-7-11-15(16(23)24)21-17(25)29-13-14-9-5-4-6-10-14/h4-6,9,14-15,20H,7-8,10-13H2,1-3H3,(H,21,25)(H,22,26)(H,23,24)/t14?,15-/m0/s1. The summed E-state index contributed by atoms with van der Waals surface area (Å²) in [5.74, 6) is -1.16. The zero-order valence-corrected chi connectivity index (χ0v) is 18.7. The van der Waals surface area contributed by atoms with E-state index >= 15 is 0 Å². The number of amides is 2. The first-order valence-corrected chi connectivity index (χ1v) is 11.4. The van der Waals surface area contributed by atoms with Crippen LogP contribution in [0.5, 0.6) is 0 Å². The highest BCUT2D eigenvalue weighted by Gasteiger charge is 2.22. The maximum Gasteiger partial charge on any atom is 0.422 e. The number of allylic oxidation sites excluding steroid dienone is 3. The second-order valence-electron chi connectivity index (χ2n) is 7.94. The molecule has 31 heavy (non-hydrogen) atoms. The third-order valence-corrected chi connectivity index (χ3v) is 4.94. The van der Waals surface area contributed by atoms with Crippen molar-refractivity contribution in [1.29, 1.82) is 0 Å². The molecule has 0 bridgehead atoms. The molecule has 1 rings (SSSR count). The second-order valence-corrected chi connectivity index (χ2v) is 9.44. The lowest BCUT2D eigenvalue weighted by Crippen LogP contribution is -2.43. The van der Waals surface area contributed by atoms with E-state index in [0.717, 1.165) is 6.42 Å². The zero-order valence-electron chi connectivity index (χ0n) is 17.9. The predicted octanol–water partition coefficient (Wildman–Crippen LogP) is 1.83. The molecule has 0 aromatic rings. The van der Waals surface area contributed by atoms with Gasteiger partial charge in [-0.1, -0.05) is 24.3 Å². The molecule has 2 amide bonds. The van der Waals surface area contributed by atoms with Crippen LogP contribution in [0.4, 0.5) is 9.59 Å². The number of aliphatic carboxylic acids is 1. The van der Waals surface area contributed by atoms with Crippen LogP contribution in [0.2, 0.25) is 0 Å². The number of carboxylic acid groups (broad SMARTS) is 1. The van der Waals surface area contributed by atoms with Gasteiger partial charge < -0.3 is 19.9 Å². The molecule has 0 heterocycles. The summed E-state index contributed by atoms with van der Waals surface area (Å²) in [6.45, 7) is 4.90. The van der Waals surface area contributed by atoms with E-state index in [-0.39, 0.29) is 31.9 Å². The van der Waals surface area contributed by atoms with Crippen molar-refractivity contribution >= 4 is 28.4 Å². The van der Waals surface area contributed by atoms with Crippen molar-refractivity contribution < 1.29 is 37.4 Å². The number of carbonyl (C=O) groups is 3. The molecular weight excluding hydrogens is 430 g/mol. The summed E-state index contributed by atoms with van der Waals surface area (Å²) in [6.07, 6.45) is 7.09. The molecule has 1 unspecified atom stereocenters. The number of hydrogen-bond acceptors (Lipinski definition) is 7. The molecule has 0 aromatic heterocycles. The molecule has 1 aliphatic carbocycles.